The summed E-state index contributed by atoms with van der Waals surface area (Å²) in [5.41, 5.74) is 0.858. The Balaban J connectivity index is 0.00000200. The highest BCUT2D eigenvalue weighted by Crippen LogP contribution is 2.33. The van der Waals surface area contributed by atoms with Gasteiger partial charge in [0.2, 0.25) is 0 Å². The van der Waals surface area contributed by atoms with Crippen LogP contribution in [0, 0.1) is 0 Å². The van der Waals surface area contributed by atoms with Gasteiger partial charge in [0.1, 0.15) is 11.5 Å². The van der Waals surface area contributed by atoms with E-state index in [0.29, 0.717) is 12.2 Å². The van der Waals surface area contributed by atoms with Gasteiger partial charge >= 0.3 is 0 Å². The number of hydrogen-bond acceptors (Lipinski definition) is 5. The summed E-state index contributed by atoms with van der Waals surface area (Å²) >= 11 is 0. The predicted octanol–water partition coefficient (Wildman–Crippen LogP) is 1.15. The first kappa shape index (κ1) is 17.0. The lowest BCUT2D eigenvalue weighted by Gasteiger charge is -2.35. The standard InChI is InChI=1S/C14H22N2O3.ClH/c1-19-11-2-3-12(14(18)10-11)13(4-9-17)16-7-5-15-6-8-16;/h2-3,10,13,15,17-18H,4-9H2,1H3;1H/t13-;/m0./s1. The summed E-state index contributed by atoms with van der Waals surface area (Å²) in [6.07, 6.45) is 0.625. The molecule has 0 spiro atoms. The molecule has 5 nitrogen and oxygen atoms in total. The molecule has 6 heteroatoms. The number of nitrogens with zero attached hydrogens (tertiary/aromatic N) is 1. The summed E-state index contributed by atoms with van der Waals surface area (Å²) in [4.78, 5) is 2.30. The molecular weight excluding hydrogens is 280 g/mol. The number of methoxy groups -OCH3 is 1. The number of rotatable bonds is 5. The smallest absolute Gasteiger partial charge is 0.124 e. The minimum atomic E-state index is 0. The van der Waals surface area contributed by atoms with Crippen LogP contribution in [0.5, 0.6) is 11.5 Å². The van der Waals surface area contributed by atoms with Crippen LogP contribution in [0.2, 0.25) is 0 Å². The molecule has 20 heavy (non-hydrogen) atoms. The fraction of sp³-hybridized carbons (Fsp3) is 0.571. The quantitative estimate of drug-likeness (QED) is 0.761. The number of nitrogens with one attached hydrogen (secondary N) is 1. The maximum Gasteiger partial charge on any atom is 0.124 e. The number of phenolic OH excluding ortho intramolecular Hbond substituents is 1. The van der Waals surface area contributed by atoms with Crippen molar-refractivity contribution in [2.75, 3.05) is 39.9 Å². The number of phenols is 1. The monoisotopic (exact) mass is 302 g/mol. The zero-order valence-corrected chi connectivity index (χ0v) is 12.5. The summed E-state index contributed by atoms with van der Waals surface area (Å²) in [6, 6.07) is 5.41. The molecule has 1 saturated heterocycles. The number of aromatic hydroxyl groups is 1. The van der Waals surface area contributed by atoms with Crippen LogP contribution in [0.25, 0.3) is 0 Å². The summed E-state index contributed by atoms with van der Waals surface area (Å²) in [5, 5.41) is 22.7. The summed E-state index contributed by atoms with van der Waals surface area (Å²) in [6.45, 7) is 3.85. The maximum atomic E-state index is 10.1. The predicted molar refractivity (Wildman–Crippen MR) is 80.8 cm³/mol. The first-order chi connectivity index (χ1) is 9.26. The third kappa shape index (κ3) is 3.99. The van der Waals surface area contributed by atoms with Crippen LogP contribution in [0.15, 0.2) is 18.2 Å². The Bertz CT molecular complexity index is 411. The Morgan fingerprint density at radius 3 is 2.60 bits per heavy atom. The highest BCUT2D eigenvalue weighted by atomic mass is 35.5. The van der Waals surface area contributed by atoms with E-state index in [1.54, 1.807) is 13.2 Å². The Hall–Kier alpha value is -1.01. The highest BCUT2D eigenvalue weighted by molar-refractivity contribution is 5.85. The van der Waals surface area contributed by atoms with Crippen molar-refractivity contribution < 1.29 is 14.9 Å². The largest absolute Gasteiger partial charge is 0.507 e. The van der Waals surface area contributed by atoms with E-state index in [0.717, 1.165) is 31.7 Å². The molecule has 1 aliphatic rings. The molecule has 0 unspecified atom stereocenters. The minimum absolute atomic E-state index is 0. The zero-order chi connectivity index (χ0) is 13.7. The van der Waals surface area contributed by atoms with E-state index in [-0.39, 0.29) is 30.8 Å². The lowest BCUT2D eigenvalue weighted by atomic mass is 10.00. The van der Waals surface area contributed by atoms with Crippen LogP contribution in [0.3, 0.4) is 0 Å². The van der Waals surface area contributed by atoms with Crippen LogP contribution < -0.4 is 10.1 Å². The van der Waals surface area contributed by atoms with E-state index in [9.17, 15) is 10.2 Å². The van der Waals surface area contributed by atoms with Crippen molar-refractivity contribution in [2.24, 2.45) is 0 Å². The molecule has 114 valence electrons. The molecule has 2 rings (SSSR count). The van der Waals surface area contributed by atoms with Crippen LogP contribution in [-0.2, 0) is 0 Å². The SMILES string of the molecule is COc1ccc([C@H](CCO)N2CCNCC2)c(O)c1.Cl. The summed E-state index contributed by atoms with van der Waals surface area (Å²) in [7, 11) is 1.58. The van der Waals surface area contributed by atoms with Crippen LogP contribution >= 0.6 is 12.4 Å². The maximum absolute atomic E-state index is 10.1. The van der Waals surface area contributed by atoms with Gasteiger partial charge in [0.15, 0.2) is 0 Å². The van der Waals surface area contributed by atoms with E-state index in [1.165, 1.54) is 0 Å². The van der Waals surface area contributed by atoms with Crippen molar-refractivity contribution in [1.29, 1.82) is 0 Å². The number of ether oxygens (including phenoxy) is 1. The van der Waals surface area contributed by atoms with Crippen molar-refractivity contribution in [3.63, 3.8) is 0 Å². The van der Waals surface area contributed by atoms with Gasteiger partial charge in [0.25, 0.3) is 0 Å². The van der Waals surface area contributed by atoms with Gasteiger partial charge < -0.3 is 20.3 Å². The fourth-order valence-corrected chi connectivity index (χ4v) is 2.58. The van der Waals surface area contributed by atoms with Gasteiger partial charge in [-0.25, -0.2) is 0 Å². The molecule has 1 aromatic carbocycles. The van der Waals surface area contributed by atoms with Crippen molar-refractivity contribution >= 4 is 12.4 Å². The lowest BCUT2D eigenvalue weighted by Crippen LogP contribution is -2.45. The normalized spacial score (nSPS) is 17.3. The van der Waals surface area contributed by atoms with Gasteiger partial charge in [-0.3, -0.25) is 4.90 Å². The number of aliphatic hydroxyl groups is 1. The third-order valence-electron chi connectivity index (χ3n) is 3.59. The van der Waals surface area contributed by atoms with E-state index in [2.05, 4.69) is 10.2 Å². The number of hydrogen-bond donors (Lipinski definition) is 3. The molecule has 0 aliphatic carbocycles. The second kappa shape index (κ2) is 8.32. The number of aliphatic hydroxyl groups excluding tert-OH is 1. The van der Waals surface area contributed by atoms with Crippen molar-refractivity contribution in [3.05, 3.63) is 23.8 Å². The topological polar surface area (TPSA) is 65.0 Å². The molecule has 0 amide bonds. The Labute approximate surface area is 126 Å². The Kier molecular flexibility index (Phi) is 7.09. The molecule has 0 radical (unpaired) electrons. The molecule has 1 aliphatic heterocycles. The first-order valence-electron chi connectivity index (χ1n) is 6.68. The zero-order valence-electron chi connectivity index (χ0n) is 11.7. The molecule has 0 bridgehead atoms. The van der Waals surface area contributed by atoms with E-state index in [1.807, 2.05) is 12.1 Å². The van der Waals surface area contributed by atoms with E-state index in [4.69, 9.17) is 4.74 Å². The second-order valence-electron chi connectivity index (χ2n) is 4.74. The second-order valence-corrected chi connectivity index (χ2v) is 4.74. The summed E-state index contributed by atoms with van der Waals surface area (Å²) in [5.74, 6) is 0.876. The average molecular weight is 303 g/mol. The Morgan fingerprint density at radius 2 is 2.05 bits per heavy atom. The molecule has 0 saturated carbocycles. The van der Waals surface area contributed by atoms with Crippen molar-refractivity contribution in [3.8, 4) is 11.5 Å². The molecule has 3 N–H and O–H groups in total. The third-order valence-corrected chi connectivity index (χ3v) is 3.59. The number of halogens is 1. The molecule has 1 aromatic rings. The van der Waals surface area contributed by atoms with Crippen LogP contribution in [0.1, 0.15) is 18.0 Å². The van der Waals surface area contributed by atoms with E-state index < -0.39 is 0 Å². The minimum Gasteiger partial charge on any atom is -0.507 e. The number of benzene rings is 1. The van der Waals surface area contributed by atoms with Crippen molar-refractivity contribution in [2.45, 2.75) is 12.5 Å². The van der Waals surface area contributed by atoms with Gasteiger partial charge in [-0.1, -0.05) is 6.07 Å². The van der Waals surface area contributed by atoms with Gasteiger partial charge in [-0.05, 0) is 12.5 Å². The Morgan fingerprint density at radius 1 is 1.35 bits per heavy atom. The van der Waals surface area contributed by atoms with Crippen LogP contribution in [0.4, 0.5) is 0 Å². The molecular formula is C14H23ClN2O3. The molecule has 0 aromatic heterocycles. The fourth-order valence-electron chi connectivity index (χ4n) is 2.58. The average Bonchev–Trinajstić information content (AvgIpc) is 2.46. The van der Waals surface area contributed by atoms with Crippen LogP contribution in [-0.4, -0.2) is 55.0 Å². The van der Waals surface area contributed by atoms with Crippen molar-refractivity contribution in [1.82, 2.24) is 10.2 Å². The van der Waals surface area contributed by atoms with Gasteiger partial charge in [-0.15, -0.1) is 12.4 Å². The van der Waals surface area contributed by atoms with Gasteiger partial charge in [0, 0.05) is 50.5 Å². The molecule has 1 heterocycles. The lowest BCUT2D eigenvalue weighted by molar-refractivity contribution is 0.139. The highest BCUT2D eigenvalue weighted by Gasteiger charge is 2.24. The van der Waals surface area contributed by atoms with Gasteiger partial charge in [0.05, 0.1) is 7.11 Å². The number of piperazine rings is 1. The van der Waals surface area contributed by atoms with E-state index >= 15 is 0 Å². The first-order valence-corrected chi connectivity index (χ1v) is 6.68. The molecule has 1 atom stereocenters. The summed E-state index contributed by atoms with van der Waals surface area (Å²) < 4.78 is 5.10. The van der Waals surface area contributed by atoms with Gasteiger partial charge in [-0.2, -0.15) is 0 Å². The molecule has 1 fully saturated rings.